The SMILES string of the molecule is O=C([C@H]1COc2ccccc2O1)N1CCN(c2nnnn2-c2ccccc2)CC1. The monoisotopic (exact) mass is 392 g/mol. The molecule has 3 aromatic rings. The summed E-state index contributed by atoms with van der Waals surface area (Å²) in [4.78, 5) is 16.8. The van der Waals surface area contributed by atoms with Crippen LogP contribution in [0.2, 0.25) is 0 Å². The smallest absolute Gasteiger partial charge is 0.267 e. The first kappa shape index (κ1) is 17.5. The molecule has 29 heavy (non-hydrogen) atoms. The van der Waals surface area contributed by atoms with E-state index in [-0.39, 0.29) is 12.5 Å². The zero-order chi connectivity index (χ0) is 19.6. The molecule has 1 fully saturated rings. The number of benzene rings is 2. The maximum absolute atomic E-state index is 12.9. The van der Waals surface area contributed by atoms with E-state index in [0.29, 0.717) is 43.6 Å². The Balaban J connectivity index is 1.24. The highest BCUT2D eigenvalue weighted by Gasteiger charge is 2.33. The summed E-state index contributed by atoms with van der Waals surface area (Å²) in [6.45, 7) is 2.65. The van der Waals surface area contributed by atoms with Crippen LogP contribution in [-0.2, 0) is 4.79 Å². The number of anilines is 1. The molecule has 5 rings (SSSR count). The number of amides is 1. The first-order chi connectivity index (χ1) is 14.3. The van der Waals surface area contributed by atoms with Gasteiger partial charge in [0, 0.05) is 26.2 Å². The molecule has 0 saturated carbocycles. The molecule has 0 aliphatic carbocycles. The van der Waals surface area contributed by atoms with E-state index < -0.39 is 6.10 Å². The topological polar surface area (TPSA) is 85.6 Å². The molecule has 0 N–H and O–H groups in total. The molecule has 9 heteroatoms. The van der Waals surface area contributed by atoms with E-state index >= 15 is 0 Å². The van der Waals surface area contributed by atoms with Crippen molar-refractivity contribution >= 4 is 11.9 Å². The normalized spacial score (nSPS) is 18.6. The van der Waals surface area contributed by atoms with Crippen molar-refractivity contribution in [3.63, 3.8) is 0 Å². The number of rotatable bonds is 3. The van der Waals surface area contributed by atoms with Gasteiger partial charge in [0.25, 0.3) is 5.91 Å². The molecule has 0 unspecified atom stereocenters. The molecule has 1 saturated heterocycles. The predicted molar refractivity (Wildman–Crippen MR) is 104 cm³/mol. The summed E-state index contributed by atoms with van der Waals surface area (Å²) in [5.41, 5.74) is 0.900. The molecule has 148 valence electrons. The Kier molecular flexibility index (Phi) is 4.47. The summed E-state index contributed by atoms with van der Waals surface area (Å²) in [5, 5.41) is 12.1. The lowest BCUT2D eigenvalue weighted by Crippen LogP contribution is -2.54. The van der Waals surface area contributed by atoms with Gasteiger partial charge in [0.05, 0.1) is 5.69 Å². The minimum atomic E-state index is -0.619. The minimum absolute atomic E-state index is 0.0539. The summed E-state index contributed by atoms with van der Waals surface area (Å²) in [7, 11) is 0. The molecule has 3 heterocycles. The number of aromatic nitrogens is 4. The van der Waals surface area contributed by atoms with Crippen molar-refractivity contribution in [2.24, 2.45) is 0 Å². The van der Waals surface area contributed by atoms with Gasteiger partial charge >= 0.3 is 0 Å². The highest BCUT2D eigenvalue weighted by atomic mass is 16.6. The third-order valence-electron chi connectivity index (χ3n) is 5.11. The van der Waals surface area contributed by atoms with Gasteiger partial charge in [0.1, 0.15) is 6.61 Å². The lowest BCUT2D eigenvalue weighted by atomic mass is 10.2. The number of fused-ring (bicyclic) bond motifs is 1. The fraction of sp³-hybridized carbons (Fsp3) is 0.300. The van der Waals surface area contributed by atoms with Crippen LogP contribution in [0.15, 0.2) is 54.6 Å². The number of carbonyl (C=O) groups is 1. The van der Waals surface area contributed by atoms with Crippen LogP contribution in [-0.4, -0.2) is 69.9 Å². The van der Waals surface area contributed by atoms with Gasteiger partial charge in [-0.1, -0.05) is 35.4 Å². The molecule has 0 radical (unpaired) electrons. The van der Waals surface area contributed by atoms with Crippen LogP contribution in [0.5, 0.6) is 11.5 Å². The van der Waals surface area contributed by atoms with E-state index in [0.717, 1.165) is 5.69 Å². The highest BCUT2D eigenvalue weighted by Crippen LogP contribution is 2.31. The van der Waals surface area contributed by atoms with E-state index in [1.807, 2.05) is 59.5 Å². The maximum atomic E-state index is 12.9. The van der Waals surface area contributed by atoms with Gasteiger partial charge < -0.3 is 19.3 Å². The molecule has 1 aromatic heterocycles. The van der Waals surface area contributed by atoms with Crippen LogP contribution in [0.25, 0.3) is 5.69 Å². The van der Waals surface area contributed by atoms with E-state index in [1.165, 1.54) is 0 Å². The van der Waals surface area contributed by atoms with Crippen molar-refractivity contribution in [3.8, 4) is 17.2 Å². The summed E-state index contributed by atoms with van der Waals surface area (Å²) in [6, 6.07) is 17.2. The molecule has 0 bridgehead atoms. The maximum Gasteiger partial charge on any atom is 0.267 e. The van der Waals surface area contributed by atoms with E-state index in [4.69, 9.17) is 9.47 Å². The highest BCUT2D eigenvalue weighted by molar-refractivity contribution is 5.82. The number of piperazine rings is 1. The zero-order valence-corrected chi connectivity index (χ0v) is 15.7. The average Bonchev–Trinajstić information content (AvgIpc) is 3.29. The fourth-order valence-electron chi connectivity index (χ4n) is 3.59. The summed E-state index contributed by atoms with van der Waals surface area (Å²) in [6.07, 6.45) is -0.619. The van der Waals surface area contributed by atoms with Crippen molar-refractivity contribution in [2.75, 3.05) is 37.7 Å². The Morgan fingerprint density at radius 2 is 1.66 bits per heavy atom. The van der Waals surface area contributed by atoms with Crippen LogP contribution >= 0.6 is 0 Å². The molecule has 9 nitrogen and oxygen atoms in total. The van der Waals surface area contributed by atoms with Crippen LogP contribution in [0, 0.1) is 0 Å². The molecular weight excluding hydrogens is 372 g/mol. The lowest BCUT2D eigenvalue weighted by Gasteiger charge is -2.37. The Bertz CT molecular complexity index is 1000. The molecule has 2 aliphatic heterocycles. The number of tetrazole rings is 1. The Hall–Kier alpha value is -3.62. The Labute approximate surface area is 167 Å². The number of nitrogens with zero attached hydrogens (tertiary/aromatic N) is 6. The van der Waals surface area contributed by atoms with Gasteiger partial charge in [-0.05, 0) is 34.7 Å². The lowest BCUT2D eigenvalue weighted by molar-refractivity contribution is -0.141. The number of ether oxygens (including phenoxy) is 2. The van der Waals surface area contributed by atoms with Crippen LogP contribution < -0.4 is 14.4 Å². The third kappa shape index (κ3) is 3.35. The first-order valence-corrected chi connectivity index (χ1v) is 9.55. The average molecular weight is 392 g/mol. The first-order valence-electron chi connectivity index (χ1n) is 9.55. The van der Waals surface area contributed by atoms with Crippen molar-refractivity contribution in [2.45, 2.75) is 6.10 Å². The van der Waals surface area contributed by atoms with Crippen LogP contribution in [0.4, 0.5) is 5.95 Å². The standard InChI is InChI=1S/C20H20N6O3/c27-19(18-14-28-16-8-4-5-9-17(16)29-18)24-10-12-25(13-11-24)20-21-22-23-26(20)15-6-2-1-3-7-15/h1-9,18H,10-14H2/t18-/m1/s1. The van der Waals surface area contributed by atoms with Crippen molar-refractivity contribution in [1.82, 2.24) is 25.1 Å². The molecule has 0 spiro atoms. The largest absolute Gasteiger partial charge is 0.485 e. The van der Waals surface area contributed by atoms with Crippen molar-refractivity contribution < 1.29 is 14.3 Å². The van der Waals surface area contributed by atoms with Crippen molar-refractivity contribution in [1.29, 1.82) is 0 Å². The van der Waals surface area contributed by atoms with Crippen LogP contribution in [0.1, 0.15) is 0 Å². The predicted octanol–water partition coefficient (Wildman–Crippen LogP) is 1.15. The van der Waals surface area contributed by atoms with Crippen molar-refractivity contribution in [3.05, 3.63) is 54.6 Å². The zero-order valence-electron chi connectivity index (χ0n) is 15.7. The van der Waals surface area contributed by atoms with Gasteiger partial charge in [-0.3, -0.25) is 4.79 Å². The van der Waals surface area contributed by atoms with Gasteiger partial charge in [-0.15, -0.1) is 0 Å². The Morgan fingerprint density at radius 1 is 0.931 bits per heavy atom. The fourth-order valence-corrected chi connectivity index (χ4v) is 3.59. The summed E-state index contributed by atoms with van der Waals surface area (Å²) < 4.78 is 13.3. The van der Waals surface area contributed by atoms with Gasteiger partial charge in [0.15, 0.2) is 11.5 Å². The number of carbonyl (C=O) groups excluding carboxylic acids is 1. The van der Waals surface area contributed by atoms with Gasteiger partial charge in [-0.2, -0.15) is 4.68 Å². The quantitative estimate of drug-likeness (QED) is 0.661. The molecule has 1 amide bonds. The van der Waals surface area contributed by atoms with E-state index in [9.17, 15) is 4.79 Å². The summed E-state index contributed by atoms with van der Waals surface area (Å²) in [5.74, 6) is 1.91. The second-order valence-corrected chi connectivity index (χ2v) is 6.90. The molecular formula is C20H20N6O3. The summed E-state index contributed by atoms with van der Waals surface area (Å²) >= 11 is 0. The second-order valence-electron chi connectivity index (χ2n) is 6.90. The number of hydrogen-bond donors (Lipinski definition) is 0. The number of hydrogen-bond acceptors (Lipinski definition) is 7. The van der Waals surface area contributed by atoms with Gasteiger partial charge in [-0.25, -0.2) is 0 Å². The second kappa shape index (κ2) is 7.42. The minimum Gasteiger partial charge on any atom is -0.485 e. The molecule has 2 aromatic carbocycles. The van der Waals surface area contributed by atoms with E-state index in [2.05, 4.69) is 20.4 Å². The Morgan fingerprint density at radius 3 is 2.45 bits per heavy atom. The molecule has 2 aliphatic rings. The van der Waals surface area contributed by atoms with Crippen LogP contribution in [0.3, 0.4) is 0 Å². The van der Waals surface area contributed by atoms with E-state index in [1.54, 1.807) is 4.68 Å². The molecule has 1 atom stereocenters. The number of para-hydroxylation sites is 3. The van der Waals surface area contributed by atoms with Gasteiger partial charge in [0.2, 0.25) is 12.1 Å². The third-order valence-corrected chi connectivity index (χ3v) is 5.11.